The van der Waals surface area contributed by atoms with Gasteiger partial charge in [-0.05, 0) is 43.6 Å². The number of hydrogen-bond donors (Lipinski definition) is 1. The third kappa shape index (κ3) is 6.28. The Kier molecular flexibility index (Phi) is 7.21. The monoisotopic (exact) mass is 303 g/mol. The summed E-state index contributed by atoms with van der Waals surface area (Å²) in [4.78, 5) is 12.7. The van der Waals surface area contributed by atoms with Gasteiger partial charge in [0.25, 0.3) is 0 Å². The van der Waals surface area contributed by atoms with Crippen molar-refractivity contribution in [3.05, 3.63) is 33.8 Å². The largest absolute Gasteiger partial charge is 0.481 e. The van der Waals surface area contributed by atoms with E-state index in [0.717, 1.165) is 31.6 Å². The van der Waals surface area contributed by atoms with Crippen LogP contribution in [-0.2, 0) is 11.3 Å². The first-order valence-corrected chi connectivity index (χ1v) is 7.16. The number of aliphatic carboxylic acids is 1. The second-order valence-corrected chi connectivity index (χ2v) is 5.28. The number of nitrogens with zero attached hydrogens (tertiary/aromatic N) is 1. The van der Waals surface area contributed by atoms with Gasteiger partial charge >= 0.3 is 5.97 Å². The van der Waals surface area contributed by atoms with E-state index in [-0.39, 0.29) is 6.42 Å². The van der Waals surface area contributed by atoms with Crippen molar-refractivity contribution in [1.82, 2.24) is 4.90 Å². The van der Waals surface area contributed by atoms with Crippen LogP contribution in [0.2, 0.25) is 10.0 Å². The molecular formula is C14H19Cl2NO2. The fraction of sp³-hybridized carbons (Fsp3) is 0.500. The van der Waals surface area contributed by atoms with Crippen molar-refractivity contribution in [3.63, 3.8) is 0 Å². The predicted octanol–water partition coefficient (Wildman–Crippen LogP) is 4.07. The highest BCUT2D eigenvalue weighted by Gasteiger charge is 2.06. The molecule has 1 rings (SSSR count). The van der Waals surface area contributed by atoms with Gasteiger partial charge in [0.15, 0.2) is 0 Å². The standard InChI is InChI=1S/C14H19Cl2NO2/c1-2-17(8-4-3-5-14(18)19)10-11-6-7-12(15)13(16)9-11/h6-7,9H,2-5,8,10H2,1H3,(H,18,19). The molecule has 19 heavy (non-hydrogen) atoms. The fourth-order valence-corrected chi connectivity index (χ4v) is 2.18. The van der Waals surface area contributed by atoms with Gasteiger partial charge in [-0.25, -0.2) is 0 Å². The van der Waals surface area contributed by atoms with Crippen molar-refractivity contribution < 1.29 is 9.90 Å². The van der Waals surface area contributed by atoms with Gasteiger partial charge in [0, 0.05) is 13.0 Å². The minimum atomic E-state index is -0.729. The molecular weight excluding hydrogens is 285 g/mol. The summed E-state index contributed by atoms with van der Waals surface area (Å²) in [6.07, 6.45) is 1.85. The molecule has 0 fully saturated rings. The van der Waals surface area contributed by atoms with Gasteiger partial charge in [0.1, 0.15) is 0 Å². The van der Waals surface area contributed by atoms with E-state index in [1.807, 2.05) is 12.1 Å². The molecule has 0 bridgehead atoms. The molecule has 0 spiro atoms. The first kappa shape index (κ1) is 16.3. The second-order valence-electron chi connectivity index (χ2n) is 4.47. The van der Waals surface area contributed by atoms with Gasteiger partial charge < -0.3 is 5.11 Å². The zero-order chi connectivity index (χ0) is 14.3. The van der Waals surface area contributed by atoms with Gasteiger partial charge in [0.05, 0.1) is 10.0 Å². The minimum Gasteiger partial charge on any atom is -0.481 e. The molecule has 0 saturated carbocycles. The van der Waals surface area contributed by atoms with Crippen LogP contribution in [0.3, 0.4) is 0 Å². The van der Waals surface area contributed by atoms with Gasteiger partial charge in [-0.1, -0.05) is 36.2 Å². The molecule has 0 amide bonds. The summed E-state index contributed by atoms with van der Waals surface area (Å²) in [6.45, 7) is 4.71. The summed E-state index contributed by atoms with van der Waals surface area (Å²) >= 11 is 11.9. The van der Waals surface area contributed by atoms with Crippen molar-refractivity contribution in [1.29, 1.82) is 0 Å². The van der Waals surface area contributed by atoms with Gasteiger partial charge in [0.2, 0.25) is 0 Å². The predicted molar refractivity (Wildman–Crippen MR) is 78.9 cm³/mol. The van der Waals surface area contributed by atoms with E-state index in [9.17, 15) is 4.79 Å². The second kappa shape index (κ2) is 8.41. The SMILES string of the molecule is CCN(CCCCC(=O)O)Cc1ccc(Cl)c(Cl)c1. The van der Waals surface area contributed by atoms with Crippen LogP contribution >= 0.6 is 23.2 Å². The Balaban J connectivity index is 2.42. The molecule has 3 nitrogen and oxygen atoms in total. The summed E-state index contributed by atoms with van der Waals surface area (Å²) in [7, 11) is 0. The number of benzene rings is 1. The van der Waals surface area contributed by atoms with E-state index in [0.29, 0.717) is 16.5 Å². The number of carboxylic acids is 1. The molecule has 0 aliphatic heterocycles. The van der Waals surface area contributed by atoms with Gasteiger partial charge in [-0.3, -0.25) is 9.69 Å². The van der Waals surface area contributed by atoms with E-state index in [1.165, 1.54) is 0 Å². The van der Waals surface area contributed by atoms with E-state index in [1.54, 1.807) is 6.07 Å². The maximum atomic E-state index is 10.4. The molecule has 0 aromatic heterocycles. The van der Waals surface area contributed by atoms with Crippen molar-refractivity contribution in [2.24, 2.45) is 0 Å². The van der Waals surface area contributed by atoms with E-state index >= 15 is 0 Å². The zero-order valence-electron chi connectivity index (χ0n) is 11.0. The lowest BCUT2D eigenvalue weighted by Crippen LogP contribution is -2.24. The summed E-state index contributed by atoms with van der Waals surface area (Å²) in [6, 6.07) is 5.65. The molecule has 0 aliphatic carbocycles. The Morgan fingerprint density at radius 2 is 2.00 bits per heavy atom. The average molecular weight is 304 g/mol. The molecule has 5 heteroatoms. The normalized spacial score (nSPS) is 10.9. The molecule has 1 N–H and O–H groups in total. The van der Waals surface area contributed by atoms with Crippen LogP contribution < -0.4 is 0 Å². The molecule has 0 atom stereocenters. The molecule has 0 unspecified atom stereocenters. The lowest BCUT2D eigenvalue weighted by Gasteiger charge is -2.20. The van der Waals surface area contributed by atoms with Crippen molar-refractivity contribution in [2.45, 2.75) is 32.7 Å². The number of halogens is 2. The minimum absolute atomic E-state index is 0.240. The molecule has 0 aliphatic rings. The maximum absolute atomic E-state index is 10.4. The third-order valence-corrected chi connectivity index (χ3v) is 3.69. The van der Waals surface area contributed by atoms with Crippen molar-refractivity contribution >= 4 is 29.2 Å². The van der Waals surface area contributed by atoms with Crippen LogP contribution in [0, 0.1) is 0 Å². The highest BCUT2D eigenvalue weighted by Crippen LogP contribution is 2.23. The van der Waals surface area contributed by atoms with Crippen molar-refractivity contribution in [2.75, 3.05) is 13.1 Å². The molecule has 1 aromatic carbocycles. The molecule has 0 radical (unpaired) electrons. The zero-order valence-corrected chi connectivity index (χ0v) is 12.5. The van der Waals surface area contributed by atoms with E-state index < -0.39 is 5.97 Å². The van der Waals surface area contributed by atoms with Crippen LogP contribution in [0.15, 0.2) is 18.2 Å². The topological polar surface area (TPSA) is 40.5 Å². The van der Waals surface area contributed by atoms with Gasteiger partial charge in [-0.2, -0.15) is 0 Å². The summed E-state index contributed by atoms with van der Waals surface area (Å²) in [5.74, 6) is -0.729. The fourth-order valence-electron chi connectivity index (χ4n) is 1.86. The van der Waals surface area contributed by atoms with Crippen molar-refractivity contribution in [3.8, 4) is 0 Å². The van der Waals surface area contributed by atoms with Crippen LogP contribution in [0.4, 0.5) is 0 Å². The lowest BCUT2D eigenvalue weighted by molar-refractivity contribution is -0.137. The highest BCUT2D eigenvalue weighted by molar-refractivity contribution is 6.42. The third-order valence-electron chi connectivity index (χ3n) is 2.95. The Bertz CT molecular complexity index is 424. The van der Waals surface area contributed by atoms with E-state index in [4.69, 9.17) is 28.3 Å². The Hall–Kier alpha value is -0.770. The number of carbonyl (C=O) groups is 1. The van der Waals surface area contributed by atoms with Gasteiger partial charge in [-0.15, -0.1) is 0 Å². The van der Waals surface area contributed by atoms with E-state index in [2.05, 4.69) is 11.8 Å². The number of hydrogen-bond acceptors (Lipinski definition) is 2. The molecule has 0 heterocycles. The number of carboxylic acid groups (broad SMARTS) is 1. The average Bonchev–Trinajstić information content (AvgIpc) is 2.37. The molecule has 0 saturated heterocycles. The first-order chi connectivity index (χ1) is 9.02. The maximum Gasteiger partial charge on any atom is 0.303 e. The highest BCUT2D eigenvalue weighted by atomic mass is 35.5. The Morgan fingerprint density at radius 3 is 2.58 bits per heavy atom. The molecule has 106 valence electrons. The summed E-state index contributed by atoms with van der Waals surface area (Å²) in [5, 5.41) is 9.72. The quantitative estimate of drug-likeness (QED) is 0.736. The molecule has 1 aromatic rings. The number of rotatable bonds is 8. The lowest BCUT2D eigenvalue weighted by atomic mass is 10.2. The van der Waals surface area contributed by atoms with Crippen LogP contribution in [-0.4, -0.2) is 29.1 Å². The Morgan fingerprint density at radius 1 is 1.26 bits per heavy atom. The first-order valence-electron chi connectivity index (χ1n) is 6.41. The smallest absolute Gasteiger partial charge is 0.303 e. The summed E-state index contributed by atoms with van der Waals surface area (Å²) < 4.78 is 0. The summed E-state index contributed by atoms with van der Waals surface area (Å²) in [5.41, 5.74) is 1.12. The van der Waals surface area contributed by atoms with Crippen LogP contribution in [0.1, 0.15) is 31.7 Å². The van der Waals surface area contributed by atoms with Crippen LogP contribution in [0.5, 0.6) is 0 Å². The number of unbranched alkanes of at least 4 members (excludes halogenated alkanes) is 1. The van der Waals surface area contributed by atoms with Crippen LogP contribution in [0.25, 0.3) is 0 Å². The Labute approximate surface area is 124 Å².